The van der Waals surface area contributed by atoms with E-state index in [1.165, 1.54) is 0 Å². The van der Waals surface area contributed by atoms with Gasteiger partial charge in [0.1, 0.15) is 5.71 Å². The summed E-state index contributed by atoms with van der Waals surface area (Å²) in [6, 6.07) is 6.39. The van der Waals surface area contributed by atoms with Crippen LogP contribution in [0.2, 0.25) is 0 Å². The van der Waals surface area contributed by atoms with Crippen molar-refractivity contribution >= 4 is 11.7 Å². The topological polar surface area (TPSA) is 41.9 Å². The monoisotopic (exact) mass is 410 g/mol. The van der Waals surface area contributed by atoms with Crippen molar-refractivity contribution in [3.63, 3.8) is 0 Å². The fourth-order valence-corrected chi connectivity index (χ4v) is 4.82. The fourth-order valence-electron chi connectivity index (χ4n) is 4.82. The first-order chi connectivity index (χ1) is 13.8. The van der Waals surface area contributed by atoms with Gasteiger partial charge in [0.15, 0.2) is 6.04 Å². The van der Waals surface area contributed by atoms with E-state index < -0.39 is 36.1 Å². The molecule has 0 unspecified atom stereocenters. The second-order valence-corrected chi connectivity index (χ2v) is 8.16. The third kappa shape index (κ3) is 4.49. The van der Waals surface area contributed by atoms with Crippen molar-refractivity contribution in [2.75, 3.05) is 19.7 Å². The summed E-state index contributed by atoms with van der Waals surface area (Å²) in [5.74, 6) is -2.06. The van der Waals surface area contributed by atoms with Gasteiger partial charge < -0.3 is 4.74 Å². The number of hydrogen-bond acceptors (Lipinski definition) is 4. The second kappa shape index (κ2) is 8.86. The Bertz CT molecular complexity index is 727. The largest absolute Gasteiger partial charge is 0.462 e. The zero-order chi connectivity index (χ0) is 21.2. The Labute approximate surface area is 170 Å². The highest BCUT2D eigenvalue weighted by Crippen LogP contribution is 2.46. The van der Waals surface area contributed by atoms with Crippen LogP contribution in [-0.2, 0) is 9.53 Å². The lowest BCUT2D eigenvalue weighted by atomic mass is 9.70. The highest BCUT2D eigenvalue weighted by molar-refractivity contribution is 6.37. The molecule has 0 amide bonds. The minimum Gasteiger partial charge on any atom is -0.462 e. The number of carbonyl (C=O) groups is 1. The number of carbonyl (C=O) groups excluding carboxylic acids is 1. The highest BCUT2D eigenvalue weighted by Gasteiger charge is 2.56. The van der Waals surface area contributed by atoms with Gasteiger partial charge >= 0.3 is 12.1 Å². The van der Waals surface area contributed by atoms with E-state index in [4.69, 9.17) is 4.74 Å². The normalized spacial score (nSPS) is 28.4. The molecule has 2 aliphatic heterocycles. The van der Waals surface area contributed by atoms with Gasteiger partial charge in [0.25, 0.3) is 0 Å². The molecule has 0 saturated carbocycles. The number of likely N-dealkylation sites (tertiary alicyclic amines) is 1. The second-order valence-electron chi connectivity index (χ2n) is 8.16. The number of hydrogen-bond donors (Lipinski definition) is 0. The van der Waals surface area contributed by atoms with Crippen molar-refractivity contribution < 1.29 is 22.7 Å². The molecule has 0 spiro atoms. The van der Waals surface area contributed by atoms with Crippen LogP contribution in [-0.4, -0.2) is 54.5 Å². The molecular formula is C22H29F3N2O2. The number of halogens is 3. The molecule has 1 aromatic rings. The molecule has 3 rings (SSSR count). The quantitative estimate of drug-likeness (QED) is 0.674. The predicted octanol–water partition coefficient (Wildman–Crippen LogP) is 4.46. The van der Waals surface area contributed by atoms with Crippen LogP contribution in [0.25, 0.3) is 0 Å². The van der Waals surface area contributed by atoms with E-state index in [1.807, 2.05) is 13.8 Å². The maximum atomic E-state index is 14.2. The van der Waals surface area contributed by atoms with E-state index >= 15 is 0 Å². The molecule has 4 nitrogen and oxygen atoms in total. The minimum atomic E-state index is -4.56. The molecule has 2 aliphatic rings. The maximum Gasteiger partial charge on any atom is 0.411 e. The van der Waals surface area contributed by atoms with E-state index in [2.05, 4.69) is 9.89 Å². The molecule has 4 atom stereocenters. The summed E-state index contributed by atoms with van der Waals surface area (Å²) in [6.07, 6.45) is -2.66. The Morgan fingerprint density at radius 1 is 1.21 bits per heavy atom. The van der Waals surface area contributed by atoms with Gasteiger partial charge in [-0.05, 0) is 44.3 Å². The van der Waals surface area contributed by atoms with Gasteiger partial charge in [-0.15, -0.1) is 0 Å². The van der Waals surface area contributed by atoms with Gasteiger partial charge in [0, 0.05) is 17.9 Å². The summed E-state index contributed by atoms with van der Waals surface area (Å²) >= 11 is 0. The number of esters is 1. The first kappa shape index (κ1) is 21.8. The Kier molecular flexibility index (Phi) is 6.66. The van der Waals surface area contributed by atoms with Crippen LogP contribution >= 0.6 is 0 Å². The Balaban J connectivity index is 2.20. The molecule has 1 aromatic carbocycles. The van der Waals surface area contributed by atoms with Gasteiger partial charge in [-0.2, -0.15) is 13.2 Å². The first-order valence-electron chi connectivity index (χ1n) is 10.4. The van der Waals surface area contributed by atoms with Crippen LogP contribution in [0.3, 0.4) is 0 Å². The Morgan fingerprint density at radius 2 is 1.83 bits per heavy atom. The van der Waals surface area contributed by atoms with Crippen molar-refractivity contribution in [2.24, 2.45) is 16.8 Å². The van der Waals surface area contributed by atoms with E-state index in [0.29, 0.717) is 5.56 Å². The number of benzene rings is 1. The van der Waals surface area contributed by atoms with Crippen LogP contribution in [0.1, 0.15) is 45.1 Å². The molecule has 0 N–H and O–H groups in total. The third-order valence-electron chi connectivity index (χ3n) is 5.95. The average molecular weight is 410 g/mol. The molecule has 1 saturated heterocycles. The number of alkyl halides is 3. The first-order valence-corrected chi connectivity index (χ1v) is 10.4. The van der Waals surface area contributed by atoms with Crippen molar-refractivity contribution in [3.05, 3.63) is 35.9 Å². The van der Waals surface area contributed by atoms with Crippen molar-refractivity contribution in [2.45, 2.75) is 57.8 Å². The minimum absolute atomic E-state index is 0.0517. The molecule has 2 heterocycles. The lowest BCUT2D eigenvalue weighted by Crippen LogP contribution is -2.58. The van der Waals surface area contributed by atoms with E-state index in [9.17, 15) is 18.0 Å². The number of rotatable bonds is 5. The summed E-state index contributed by atoms with van der Waals surface area (Å²) in [4.78, 5) is 18.8. The van der Waals surface area contributed by atoms with Gasteiger partial charge in [-0.25, -0.2) is 4.79 Å². The molecular weight excluding hydrogens is 381 g/mol. The third-order valence-corrected chi connectivity index (χ3v) is 5.95. The smallest absolute Gasteiger partial charge is 0.411 e. The van der Waals surface area contributed by atoms with Gasteiger partial charge in [-0.1, -0.05) is 44.2 Å². The van der Waals surface area contributed by atoms with E-state index in [0.717, 1.165) is 25.9 Å². The summed E-state index contributed by atoms with van der Waals surface area (Å²) in [6.45, 7) is 7.11. The zero-order valence-corrected chi connectivity index (χ0v) is 17.2. The lowest BCUT2D eigenvalue weighted by molar-refractivity contribution is -0.159. The molecule has 0 aliphatic carbocycles. The predicted molar refractivity (Wildman–Crippen MR) is 106 cm³/mol. The van der Waals surface area contributed by atoms with Crippen molar-refractivity contribution in [1.82, 2.24) is 4.90 Å². The zero-order valence-electron chi connectivity index (χ0n) is 17.2. The summed E-state index contributed by atoms with van der Waals surface area (Å²) in [5.41, 5.74) is 0.553. The molecule has 0 bridgehead atoms. The molecule has 7 heteroatoms. The van der Waals surface area contributed by atoms with E-state index in [1.54, 1.807) is 37.3 Å². The van der Waals surface area contributed by atoms with Gasteiger partial charge in [0.2, 0.25) is 0 Å². The van der Waals surface area contributed by atoms with Gasteiger partial charge in [0.05, 0.1) is 6.61 Å². The van der Waals surface area contributed by atoms with Crippen LogP contribution in [0.15, 0.2) is 35.3 Å². The van der Waals surface area contributed by atoms with E-state index in [-0.39, 0.29) is 18.2 Å². The number of nitrogens with zero attached hydrogens (tertiary/aromatic N) is 2. The molecule has 29 heavy (non-hydrogen) atoms. The summed E-state index contributed by atoms with van der Waals surface area (Å²) < 4.78 is 47.8. The maximum absolute atomic E-state index is 14.2. The number of aliphatic imine (C=N–C) groups is 1. The Hall–Kier alpha value is -1.89. The van der Waals surface area contributed by atoms with Crippen molar-refractivity contribution in [3.8, 4) is 0 Å². The fraction of sp³-hybridized carbons (Fsp3) is 0.636. The lowest BCUT2D eigenvalue weighted by Gasteiger charge is -2.47. The summed E-state index contributed by atoms with van der Waals surface area (Å²) in [5, 5.41) is 0. The van der Waals surface area contributed by atoms with Crippen molar-refractivity contribution in [1.29, 1.82) is 0 Å². The average Bonchev–Trinajstić information content (AvgIpc) is 3.20. The van der Waals surface area contributed by atoms with Crippen LogP contribution in [0, 0.1) is 11.8 Å². The molecule has 0 radical (unpaired) electrons. The Morgan fingerprint density at radius 3 is 2.34 bits per heavy atom. The standard InChI is InChI=1S/C22H29F3N2O2/c1-4-29-21(28)18-16(14(2)3)19(27-12-8-9-13-27)17(15-10-6-5-7-11-15)20(26-18)22(23,24)25/h5-7,10-11,14,16-17,19-20H,4,8-9,12-13H2,1-3H3/t16-,17+,19+,20+/m1/s1. The molecule has 160 valence electrons. The van der Waals surface area contributed by atoms with Crippen LogP contribution in [0.4, 0.5) is 13.2 Å². The molecule has 0 aromatic heterocycles. The van der Waals surface area contributed by atoms with Crippen LogP contribution in [0.5, 0.6) is 0 Å². The molecule has 1 fully saturated rings. The number of ether oxygens (including phenoxy) is 1. The summed E-state index contributed by atoms with van der Waals surface area (Å²) in [7, 11) is 0. The SMILES string of the molecule is CCOC(=O)C1=N[C@H](C(F)(F)F)[C@@H](c2ccccc2)[C@@H](N2CCCC2)[C@@H]1C(C)C. The van der Waals surface area contributed by atoms with Crippen LogP contribution < -0.4 is 0 Å². The highest BCUT2D eigenvalue weighted by atomic mass is 19.4. The van der Waals surface area contributed by atoms with Gasteiger partial charge in [-0.3, -0.25) is 9.89 Å².